The van der Waals surface area contributed by atoms with Gasteiger partial charge in [-0.3, -0.25) is 4.79 Å². The number of carbonyl (C=O) groups is 1. The molecule has 0 spiro atoms. The van der Waals surface area contributed by atoms with E-state index in [0.717, 1.165) is 23.8 Å². The van der Waals surface area contributed by atoms with Crippen molar-refractivity contribution < 1.29 is 9.21 Å². The van der Waals surface area contributed by atoms with Crippen molar-refractivity contribution in [3.63, 3.8) is 0 Å². The number of carbonyl (C=O) groups excluding carboxylic acids is 1. The number of hydrogen-bond acceptors (Lipinski definition) is 4. The largest absolute Gasteiger partial charge is 0.467 e. The Bertz CT molecular complexity index is 574. The van der Waals surface area contributed by atoms with E-state index in [2.05, 4.69) is 10.3 Å². The van der Waals surface area contributed by atoms with Crippen LogP contribution in [0.5, 0.6) is 0 Å². The number of furan rings is 1. The standard InChI is InChI=1S/C15H19N3O2S/c19-14(17-12-4-1-2-5-12)11-21-15-16-7-8-18(15)10-13-6-3-9-20-13/h3,6-9,12H,1-2,4-5,10-11H2,(H,17,19). The van der Waals surface area contributed by atoms with Gasteiger partial charge in [-0.25, -0.2) is 4.98 Å². The third-order valence-corrected chi connectivity index (χ3v) is 4.64. The van der Waals surface area contributed by atoms with E-state index in [4.69, 9.17) is 4.42 Å². The molecular formula is C15H19N3O2S. The normalized spacial score (nSPS) is 15.4. The molecule has 0 bridgehead atoms. The van der Waals surface area contributed by atoms with Gasteiger partial charge in [-0.1, -0.05) is 24.6 Å². The number of aromatic nitrogens is 2. The zero-order chi connectivity index (χ0) is 14.5. The van der Waals surface area contributed by atoms with Crippen LogP contribution in [0.3, 0.4) is 0 Å². The van der Waals surface area contributed by atoms with Crippen molar-refractivity contribution in [1.82, 2.24) is 14.9 Å². The molecule has 0 radical (unpaired) electrons. The number of imidazole rings is 1. The zero-order valence-electron chi connectivity index (χ0n) is 11.8. The molecule has 3 rings (SSSR count). The third kappa shape index (κ3) is 3.91. The summed E-state index contributed by atoms with van der Waals surface area (Å²) in [5.41, 5.74) is 0. The summed E-state index contributed by atoms with van der Waals surface area (Å²) in [5.74, 6) is 1.38. The number of hydrogen-bond donors (Lipinski definition) is 1. The molecule has 0 unspecified atom stereocenters. The van der Waals surface area contributed by atoms with Crippen LogP contribution < -0.4 is 5.32 Å². The van der Waals surface area contributed by atoms with Crippen molar-refractivity contribution in [3.05, 3.63) is 36.5 Å². The molecule has 0 aromatic carbocycles. The maximum Gasteiger partial charge on any atom is 0.230 e. The number of rotatable bonds is 6. The van der Waals surface area contributed by atoms with Crippen LogP contribution in [0.15, 0.2) is 40.4 Å². The Morgan fingerprint density at radius 1 is 1.48 bits per heavy atom. The van der Waals surface area contributed by atoms with Crippen molar-refractivity contribution in [2.75, 3.05) is 5.75 Å². The SMILES string of the molecule is O=C(CSc1nccn1Cc1ccco1)NC1CCCC1. The Morgan fingerprint density at radius 3 is 3.10 bits per heavy atom. The van der Waals surface area contributed by atoms with Gasteiger partial charge in [0.2, 0.25) is 5.91 Å². The first-order valence-corrected chi connectivity index (χ1v) is 8.25. The predicted octanol–water partition coefficient (Wildman–Crippen LogP) is 2.68. The lowest BCUT2D eigenvalue weighted by molar-refractivity contribution is -0.119. The summed E-state index contributed by atoms with van der Waals surface area (Å²) in [7, 11) is 0. The molecule has 1 saturated carbocycles. The van der Waals surface area contributed by atoms with Crippen LogP contribution in [0.2, 0.25) is 0 Å². The first-order valence-electron chi connectivity index (χ1n) is 7.27. The second-order valence-corrected chi connectivity index (χ2v) is 6.20. The van der Waals surface area contributed by atoms with E-state index in [-0.39, 0.29) is 5.91 Å². The lowest BCUT2D eigenvalue weighted by Crippen LogP contribution is -2.33. The van der Waals surface area contributed by atoms with Gasteiger partial charge in [0.15, 0.2) is 5.16 Å². The van der Waals surface area contributed by atoms with E-state index >= 15 is 0 Å². The Morgan fingerprint density at radius 2 is 2.33 bits per heavy atom. The van der Waals surface area contributed by atoms with Gasteiger partial charge in [-0.15, -0.1) is 0 Å². The van der Waals surface area contributed by atoms with Crippen LogP contribution in [-0.4, -0.2) is 27.3 Å². The van der Waals surface area contributed by atoms with Crippen molar-refractivity contribution in [1.29, 1.82) is 0 Å². The second kappa shape index (κ2) is 6.85. The molecule has 112 valence electrons. The van der Waals surface area contributed by atoms with Crippen molar-refractivity contribution >= 4 is 17.7 Å². The predicted molar refractivity (Wildman–Crippen MR) is 81.2 cm³/mol. The van der Waals surface area contributed by atoms with Crippen LogP contribution in [0.1, 0.15) is 31.4 Å². The van der Waals surface area contributed by atoms with Crippen LogP contribution >= 0.6 is 11.8 Å². The van der Waals surface area contributed by atoms with Gasteiger partial charge < -0.3 is 14.3 Å². The van der Waals surface area contributed by atoms with Crippen LogP contribution in [0, 0.1) is 0 Å². The smallest absolute Gasteiger partial charge is 0.230 e. The summed E-state index contributed by atoms with van der Waals surface area (Å²) in [6, 6.07) is 4.18. The van der Waals surface area contributed by atoms with Gasteiger partial charge in [0, 0.05) is 18.4 Å². The van der Waals surface area contributed by atoms with Crippen LogP contribution in [-0.2, 0) is 11.3 Å². The van der Waals surface area contributed by atoms with Crippen molar-refractivity contribution in [3.8, 4) is 0 Å². The number of nitrogens with zero attached hydrogens (tertiary/aromatic N) is 2. The fourth-order valence-corrected chi connectivity index (χ4v) is 3.37. The first-order chi connectivity index (χ1) is 10.3. The van der Waals surface area contributed by atoms with Gasteiger partial charge in [-0.05, 0) is 25.0 Å². The average Bonchev–Trinajstić information content (AvgIpc) is 3.19. The zero-order valence-corrected chi connectivity index (χ0v) is 12.6. The summed E-state index contributed by atoms with van der Waals surface area (Å²) >= 11 is 1.47. The highest BCUT2D eigenvalue weighted by Gasteiger charge is 2.17. The maximum absolute atomic E-state index is 11.9. The van der Waals surface area contributed by atoms with Crippen molar-refractivity contribution in [2.24, 2.45) is 0 Å². The quantitative estimate of drug-likeness (QED) is 0.834. The summed E-state index contributed by atoms with van der Waals surface area (Å²) < 4.78 is 7.33. The molecular weight excluding hydrogens is 286 g/mol. The topological polar surface area (TPSA) is 60.1 Å². The Kier molecular flexibility index (Phi) is 4.65. The van der Waals surface area contributed by atoms with Gasteiger partial charge in [0.25, 0.3) is 0 Å². The summed E-state index contributed by atoms with van der Waals surface area (Å²) in [6.07, 6.45) is 10.00. The molecule has 1 fully saturated rings. The van der Waals surface area contributed by atoms with Gasteiger partial charge in [0.05, 0.1) is 18.6 Å². The molecule has 2 aromatic heterocycles. The molecule has 5 nitrogen and oxygen atoms in total. The highest BCUT2D eigenvalue weighted by Crippen LogP contribution is 2.20. The molecule has 1 aliphatic carbocycles. The lowest BCUT2D eigenvalue weighted by atomic mass is 10.2. The molecule has 21 heavy (non-hydrogen) atoms. The minimum atomic E-state index is 0.0967. The second-order valence-electron chi connectivity index (χ2n) is 5.25. The van der Waals surface area contributed by atoms with Crippen LogP contribution in [0.4, 0.5) is 0 Å². The number of nitrogens with one attached hydrogen (secondary N) is 1. The van der Waals surface area contributed by atoms with Gasteiger partial charge >= 0.3 is 0 Å². The molecule has 0 aliphatic heterocycles. The Balaban J connectivity index is 1.51. The highest BCUT2D eigenvalue weighted by atomic mass is 32.2. The highest BCUT2D eigenvalue weighted by molar-refractivity contribution is 7.99. The summed E-state index contributed by atoms with van der Waals surface area (Å²) in [6.45, 7) is 0.638. The van der Waals surface area contributed by atoms with E-state index in [1.54, 1.807) is 12.5 Å². The van der Waals surface area contributed by atoms with E-state index in [9.17, 15) is 4.79 Å². The molecule has 1 N–H and O–H groups in total. The minimum Gasteiger partial charge on any atom is -0.467 e. The maximum atomic E-state index is 11.9. The molecule has 0 atom stereocenters. The molecule has 6 heteroatoms. The fourth-order valence-electron chi connectivity index (χ4n) is 2.60. The third-order valence-electron chi connectivity index (χ3n) is 3.64. The van der Waals surface area contributed by atoms with E-state index < -0.39 is 0 Å². The molecule has 1 aliphatic rings. The van der Waals surface area contributed by atoms with Crippen molar-refractivity contribution in [2.45, 2.75) is 43.4 Å². The Labute approximate surface area is 128 Å². The average molecular weight is 305 g/mol. The minimum absolute atomic E-state index is 0.0967. The molecule has 0 saturated heterocycles. The molecule has 1 amide bonds. The summed E-state index contributed by atoms with van der Waals surface area (Å²) in [5, 5.41) is 3.93. The monoisotopic (exact) mass is 305 g/mol. The van der Waals surface area contributed by atoms with Gasteiger partial charge in [0.1, 0.15) is 5.76 Å². The van der Waals surface area contributed by atoms with Crippen LogP contribution in [0.25, 0.3) is 0 Å². The van der Waals surface area contributed by atoms with Gasteiger partial charge in [-0.2, -0.15) is 0 Å². The molecule has 2 heterocycles. The molecule has 2 aromatic rings. The van der Waals surface area contributed by atoms with E-state index in [1.165, 1.54) is 24.6 Å². The first kappa shape index (κ1) is 14.3. The van der Waals surface area contributed by atoms with E-state index in [0.29, 0.717) is 18.3 Å². The fraction of sp³-hybridized carbons (Fsp3) is 0.467. The van der Waals surface area contributed by atoms with E-state index in [1.807, 2.05) is 22.9 Å². The Hall–Kier alpha value is -1.69. The number of amides is 1. The lowest BCUT2D eigenvalue weighted by Gasteiger charge is -2.11. The number of thioether (sulfide) groups is 1. The summed E-state index contributed by atoms with van der Waals surface area (Å²) in [4.78, 5) is 16.2.